The fourth-order valence-electron chi connectivity index (χ4n) is 3.89. The van der Waals surface area contributed by atoms with Crippen LogP contribution in [0.5, 0.6) is 0 Å². The molecule has 1 unspecified atom stereocenters. The van der Waals surface area contributed by atoms with E-state index < -0.39 is 6.04 Å². The molecule has 33 heavy (non-hydrogen) atoms. The van der Waals surface area contributed by atoms with Crippen molar-refractivity contribution in [3.8, 4) is 11.4 Å². The molecule has 2 heterocycles. The van der Waals surface area contributed by atoms with Crippen molar-refractivity contribution in [3.05, 3.63) is 106 Å². The van der Waals surface area contributed by atoms with Crippen molar-refractivity contribution in [2.45, 2.75) is 13.0 Å². The van der Waals surface area contributed by atoms with Crippen LogP contribution in [0.2, 0.25) is 10.0 Å². The van der Waals surface area contributed by atoms with Gasteiger partial charge in [-0.15, -0.1) is 5.10 Å². The van der Waals surface area contributed by atoms with Crippen molar-refractivity contribution in [3.63, 3.8) is 0 Å². The zero-order valence-electron chi connectivity index (χ0n) is 17.6. The summed E-state index contributed by atoms with van der Waals surface area (Å²) in [5, 5.41) is 12.0. The molecule has 1 aromatic heterocycles. The third-order valence-electron chi connectivity index (χ3n) is 5.42. The number of para-hydroxylation sites is 1. The van der Waals surface area contributed by atoms with Crippen molar-refractivity contribution in [1.82, 2.24) is 14.8 Å². The molecule has 0 saturated heterocycles. The second-order valence-corrected chi connectivity index (χ2v) is 8.47. The maximum Gasteiger partial charge on any atom is 0.255 e. The standard InChI is InChI=1S/C25H19Cl2N5O/c1-15-21(24(33)29-18-10-6-3-7-11-18)22(16-8-4-2-5-9-16)32-25(28-15)30-23(31-32)19-13-12-17(26)14-20(19)27/h2-14,22H,1H3,(H,29,33)(H,28,30,31). The summed E-state index contributed by atoms with van der Waals surface area (Å²) < 4.78 is 1.72. The lowest BCUT2D eigenvalue weighted by atomic mass is 9.95. The number of carbonyl (C=O) groups is 1. The van der Waals surface area contributed by atoms with Gasteiger partial charge in [-0.25, -0.2) is 4.68 Å². The van der Waals surface area contributed by atoms with E-state index in [9.17, 15) is 4.79 Å². The van der Waals surface area contributed by atoms with Crippen LogP contribution in [0, 0.1) is 0 Å². The van der Waals surface area contributed by atoms with Gasteiger partial charge in [-0.2, -0.15) is 4.98 Å². The molecule has 1 amide bonds. The molecule has 8 heteroatoms. The van der Waals surface area contributed by atoms with Gasteiger partial charge in [0.2, 0.25) is 5.95 Å². The monoisotopic (exact) mass is 475 g/mol. The first kappa shape index (κ1) is 21.2. The predicted octanol–water partition coefficient (Wildman–Crippen LogP) is 6.18. The van der Waals surface area contributed by atoms with E-state index in [1.807, 2.05) is 67.6 Å². The molecule has 5 rings (SSSR count). The number of nitrogens with one attached hydrogen (secondary N) is 2. The predicted molar refractivity (Wildman–Crippen MR) is 131 cm³/mol. The highest BCUT2D eigenvalue weighted by atomic mass is 35.5. The molecule has 4 aromatic rings. The molecule has 0 saturated carbocycles. The van der Waals surface area contributed by atoms with Gasteiger partial charge in [0.05, 0.1) is 10.6 Å². The van der Waals surface area contributed by atoms with Crippen LogP contribution < -0.4 is 10.6 Å². The van der Waals surface area contributed by atoms with Crippen LogP contribution in [0.25, 0.3) is 11.4 Å². The lowest BCUT2D eigenvalue weighted by Gasteiger charge is -2.28. The molecule has 0 spiro atoms. The fourth-order valence-corrected chi connectivity index (χ4v) is 4.39. The maximum absolute atomic E-state index is 13.4. The average Bonchev–Trinajstić information content (AvgIpc) is 3.22. The van der Waals surface area contributed by atoms with Gasteiger partial charge in [0.25, 0.3) is 5.91 Å². The molecule has 6 nitrogen and oxygen atoms in total. The summed E-state index contributed by atoms with van der Waals surface area (Å²) in [7, 11) is 0. The largest absolute Gasteiger partial charge is 0.328 e. The van der Waals surface area contributed by atoms with Crippen molar-refractivity contribution in [2.75, 3.05) is 10.6 Å². The summed E-state index contributed by atoms with van der Waals surface area (Å²) in [5.74, 6) is 0.753. The first-order valence-electron chi connectivity index (χ1n) is 10.3. The van der Waals surface area contributed by atoms with Gasteiger partial charge in [0, 0.05) is 22.0 Å². The van der Waals surface area contributed by atoms with Gasteiger partial charge in [0.1, 0.15) is 6.04 Å². The molecular weight excluding hydrogens is 457 g/mol. The normalized spacial score (nSPS) is 15.1. The Hall–Kier alpha value is -3.61. The lowest BCUT2D eigenvalue weighted by molar-refractivity contribution is -0.113. The number of rotatable bonds is 4. The molecule has 164 valence electrons. The van der Waals surface area contributed by atoms with Crippen LogP contribution in [0.3, 0.4) is 0 Å². The smallest absolute Gasteiger partial charge is 0.255 e. The van der Waals surface area contributed by atoms with Crippen LogP contribution in [0.15, 0.2) is 90.1 Å². The molecule has 0 bridgehead atoms. The number of benzene rings is 3. The van der Waals surface area contributed by atoms with Crippen LogP contribution >= 0.6 is 23.2 Å². The van der Waals surface area contributed by atoms with Crippen LogP contribution in [-0.4, -0.2) is 20.7 Å². The van der Waals surface area contributed by atoms with Gasteiger partial charge in [-0.1, -0.05) is 71.7 Å². The number of hydrogen-bond acceptors (Lipinski definition) is 4. The van der Waals surface area contributed by atoms with E-state index in [0.29, 0.717) is 44.3 Å². The van der Waals surface area contributed by atoms with Crippen molar-refractivity contribution in [1.29, 1.82) is 0 Å². The van der Waals surface area contributed by atoms with E-state index >= 15 is 0 Å². The summed E-state index contributed by atoms with van der Waals surface area (Å²) in [6.07, 6.45) is 0. The number of aromatic nitrogens is 3. The highest BCUT2D eigenvalue weighted by molar-refractivity contribution is 6.36. The van der Waals surface area contributed by atoms with E-state index in [1.54, 1.807) is 22.9 Å². The SMILES string of the molecule is CC1=C(C(=O)Nc2ccccc2)C(c2ccccc2)n2nc(-c3ccc(Cl)cc3Cl)nc2N1. The van der Waals surface area contributed by atoms with Gasteiger partial charge in [-0.3, -0.25) is 4.79 Å². The molecule has 0 fully saturated rings. The van der Waals surface area contributed by atoms with Gasteiger partial charge < -0.3 is 10.6 Å². The Morgan fingerprint density at radius 3 is 2.39 bits per heavy atom. The van der Waals surface area contributed by atoms with Gasteiger partial charge in [-0.05, 0) is 42.8 Å². The third kappa shape index (κ3) is 4.11. The first-order valence-corrected chi connectivity index (χ1v) is 11.1. The van der Waals surface area contributed by atoms with E-state index in [1.165, 1.54) is 0 Å². The molecule has 3 aromatic carbocycles. The fraction of sp³-hybridized carbons (Fsp3) is 0.0800. The number of halogens is 2. The van der Waals surface area contributed by atoms with Gasteiger partial charge >= 0.3 is 0 Å². The Balaban J connectivity index is 1.60. The van der Waals surface area contributed by atoms with Crippen LogP contribution in [0.4, 0.5) is 11.6 Å². The molecular formula is C25H19Cl2N5O. The zero-order valence-corrected chi connectivity index (χ0v) is 19.1. The Kier molecular flexibility index (Phi) is 5.62. The van der Waals surface area contributed by atoms with Crippen LogP contribution in [-0.2, 0) is 4.79 Å². The lowest BCUT2D eigenvalue weighted by Crippen LogP contribution is -2.31. The Morgan fingerprint density at radius 1 is 1.00 bits per heavy atom. The van der Waals surface area contributed by atoms with Crippen molar-refractivity contribution >= 4 is 40.7 Å². The Bertz CT molecular complexity index is 1370. The van der Waals surface area contributed by atoms with E-state index in [0.717, 1.165) is 5.56 Å². The number of anilines is 2. The minimum atomic E-state index is -0.474. The van der Waals surface area contributed by atoms with Crippen molar-refractivity contribution < 1.29 is 4.79 Å². The molecule has 0 aliphatic carbocycles. The first-order chi connectivity index (χ1) is 16.0. The summed E-state index contributed by atoms with van der Waals surface area (Å²) in [4.78, 5) is 18.1. The van der Waals surface area contributed by atoms with E-state index in [-0.39, 0.29) is 5.91 Å². The highest BCUT2D eigenvalue weighted by Crippen LogP contribution is 2.38. The molecule has 1 aliphatic heterocycles. The second-order valence-electron chi connectivity index (χ2n) is 7.62. The number of fused-ring (bicyclic) bond motifs is 1. The minimum absolute atomic E-state index is 0.215. The van der Waals surface area contributed by atoms with E-state index in [2.05, 4.69) is 15.6 Å². The number of amides is 1. The number of carbonyl (C=O) groups excluding carboxylic acids is 1. The topological polar surface area (TPSA) is 71.8 Å². The Labute approximate surface area is 200 Å². The highest BCUT2D eigenvalue weighted by Gasteiger charge is 2.34. The number of hydrogen-bond donors (Lipinski definition) is 2. The van der Waals surface area contributed by atoms with Crippen LogP contribution in [0.1, 0.15) is 18.5 Å². The zero-order chi connectivity index (χ0) is 22.9. The molecule has 1 atom stereocenters. The second kappa shape index (κ2) is 8.73. The quantitative estimate of drug-likeness (QED) is 0.369. The number of allylic oxidation sites excluding steroid dienone is 1. The summed E-state index contributed by atoms with van der Waals surface area (Å²) in [5.41, 5.74) is 3.54. The number of nitrogens with zero attached hydrogens (tertiary/aromatic N) is 3. The summed E-state index contributed by atoms with van der Waals surface area (Å²) in [6, 6.07) is 23.8. The third-order valence-corrected chi connectivity index (χ3v) is 5.96. The summed E-state index contributed by atoms with van der Waals surface area (Å²) >= 11 is 12.5. The average molecular weight is 476 g/mol. The van der Waals surface area contributed by atoms with E-state index in [4.69, 9.17) is 28.3 Å². The maximum atomic E-state index is 13.4. The molecule has 2 N–H and O–H groups in total. The summed E-state index contributed by atoms with van der Waals surface area (Å²) in [6.45, 7) is 1.86. The van der Waals surface area contributed by atoms with Crippen molar-refractivity contribution in [2.24, 2.45) is 0 Å². The molecule has 1 aliphatic rings. The minimum Gasteiger partial charge on any atom is -0.328 e. The molecule has 0 radical (unpaired) electrons. The Morgan fingerprint density at radius 2 is 1.70 bits per heavy atom. The van der Waals surface area contributed by atoms with Gasteiger partial charge in [0.15, 0.2) is 5.82 Å².